The largest absolute Gasteiger partial charge is 0.241 e. The third kappa shape index (κ3) is 2.29. The zero-order valence-corrected chi connectivity index (χ0v) is 14.9. The highest BCUT2D eigenvalue weighted by Gasteiger charge is 2.58. The molecule has 0 bridgehead atoms. The van der Waals surface area contributed by atoms with Gasteiger partial charge < -0.3 is 0 Å². The Morgan fingerprint density at radius 2 is 1.00 bits per heavy atom. The van der Waals surface area contributed by atoms with Crippen LogP contribution in [0.2, 0.25) is 0 Å². The number of hydrogen-bond acceptors (Lipinski definition) is 8. The van der Waals surface area contributed by atoms with E-state index in [2.05, 4.69) is 41.4 Å². The molecule has 0 saturated heterocycles. The normalized spacial score (nSPS) is 18.9. The van der Waals surface area contributed by atoms with Crippen LogP contribution in [-0.4, -0.2) is 5.38 Å². The Morgan fingerprint density at radius 3 is 1.35 bits per heavy atom. The number of aryl methyl sites for hydroxylation is 2. The van der Waals surface area contributed by atoms with Gasteiger partial charge in [0.2, 0.25) is 11.3 Å². The summed E-state index contributed by atoms with van der Waals surface area (Å²) in [5.41, 5.74) is 0.967. The molecule has 26 heavy (non-hydrogen) atoms. The average Bonchev–Trinajstić information content (AvgIpc) is 3.33. The van der Waals surface area contributed by atoms with Gasteiger partial charge in [0, 0.05) is 11.1 Å². The topological polar surface area (TPSA) is 98.9 Å². The second-order valence-electron chi connectivity index (χ2n) is 6.20. The molecule has 2 aliphatic heterocycles. The average molecular weight is 367 g/mol. The van der Waals surface area contributed by atoms with Gasteiger partial charge in [0.05, 0.1) is 0 Å². The van der Waals surface area contributed by atoms with Crippen molar-refractivity contribution < 1.29 is 0 Å². The molecule has 2 aromatic carbocycles. The lowest BCUT2D eigenvalue weighted by molar-refractivity contribution is 0.302. The standard InChI is InChI=1S/C17H15ClN8/c1-11-7-3-5-9-13(11)16(19-23-24-20-16)15(18)17(21-25-26-22-17)14-10-6-4-8-12(14)2/h3-10,15H,1-2H3. The Kier molecular flexibility index (Phi) is 3.91. The summed E-state index contributed by atoms with van der Waals surface area (Å²) in [7, 11) is 0. The first-order valence-corrected chi connectivity index (χ1v) is 8.48. The molecule has 2 aromatic rings. The van der Waals surface area contributed by atoms with Crippen molar-refractivity contribution in [1.29, 1.82) is 0 Å². The van der Waals surface area contributed by atoms with Crippen LogP contribution < -0.4 is 0 Å². The summed E-state index contributed by atoms with van der Waals surface area (Å²) in [5.74, 6) is 0. The van der Waals surface area contributed by atoms with Crippen LogP contribution in [0, 0.1) is 13.8 Å². The SMILES string of the molecule is Cc1ccccc1C1(C(Cl)C2(c3ccccc3C)N=NN=N2)N=NN=N1. The zero-order chi connectivity index (χ0) is 18.2. The molecule has 0 aliphatic carbocycles. The van der Waals surface area contributed by atoms with Gasteiger partial charge in [-0.3, -0.25) is 0 Å². The lowest BCUT2D eigenvalue weighted by Gasteiger charge is -2.35. The molecule has 0 unspecified atom stereocenters. The van der Waals surface area contributed by atoms with Crippen molar-refractivity contribution in [2.75, 3.05) is 0 Å². The summed E-state index contributed by atoms with van der Waals surface area (Å²) in [6, 6.07) is 15.4. The maximum absolute atomic E-state index is 7.00. The molecule has 130 valence electrons. The summed E-state index contributed by atoms with van der Waals surface area (Å²) in [4.78, 5) is 0. The number of nitrogens with zero attached hydrogens (tertiary/aromatic N) is 8. The lowest BCUT2D eigenvalue weighted by atomic mass is 9.82. The fourth-order valence-corrected chi connectivity index (χ4v) is 3.75. The Labute approximate surface area is 154 Å². The highest BCUT2D eigenvalue weighted by molar-refractivity contribution is 6.22. The number of rotatable bonds is 4. The predicted octanol–water partition coefficient (Wildman–Crippen LogP) is 5.58. The highest BCUT2D eigenvalue weighted by Crippen LogP contribution is 2.51. The molecule has 0 amide bonds. The third-order valence-electron chi connectivity index (χ3n) is 4.66. The van der Waals surface area contributed by atoms with Gasteiger partial charge in [-0.05, 0) is 45.9 Å². The van der Waals surface area contributed by atoms with Gasteiger partial charge in [-0.2, -0.15) is 0 Å². The first kappa shape index (κ1) is 16.6. The van der Waals surface area contributed by atoms with E-state index in [1.807, 2.05) is 62.4 Å². The molecule has 2 heterocycles. The minimum Gasteiger partial charge on any atom is -0.128 e. The fourth-order valence-electron chi connectivity index (χ4n) is 3.34. The molecule has 0 atom stereocenters. The maximum atomic E-state index is 7.00. The Balaban J connectivity index is 1.93. The number of hydrogen-bond donors (Lipinski definition) is 0. The van der Waals surface area contributed by atoms with Crippen molar-refractivity contribution in [3.63, 3.8) is 0 Å². The van der Waals surface area contributed by atoms with E-state index in [1.165, 1.54) is 0 Å². The van der Waals surface area contributed by atoms with E-state index in [1.54, 1.807) is 0 Å². The van der Waals surface area contributed by atoms with E-state index >= 15 is 0 Å². The van der Waals surface area contributed by atoms with Crippen LogP contribution in [0.15, 0.2) is 89.9 Å². The summed E-state index contributed by atoms with van der Waals surface area (Å²) in [6.45, 7) is 3.92. The molecule has 2 aliphatic rings. The lowest BCUT2D eigenvalue weighted by Crippen LogP contribution is -2.45. The Morgan fingerprint density at radius 1 is 0.654 bits per heavy atom. The minimum absolute atomic E-state index is 0.787. The molecule has 0 N–H and O–H groups in total. The van der Waals surface area contributed by atoms with Crippen LogP contribution >= 0.6 is 11.6 Å². The molecule has 0 fully saturated rings. The van der Waals surface area contributed by atoms with Gasteiger partial charge >= 0.3 is 0 Å². The minimum atomic E-state index is -1.27. The first-order valence-electron chi connectivity index (χ1n) is 8.04. The monoisotopic (exact) mass is 366 g/mol. The molecule has 0 aromatic heterocycles. The summed E-state index contributed by atoms with van der Waals surface area (Å²) < 4.78 is 0. The van der Waals surface area contributed by atoms with Gasteiger partial charge in [-0.25, -0.2) is 0 Å². The van der Waals surface area contributed by atoms with Crippen molar-refractivity contribution in [3.05, 3.63) is 70.8 Å². The van der Waals surface area contributed by atoms with Crippen molar-refractivity contribution in [1.82, 2.24) is 0 Å². The van der Waals surface area contributed by atoms with Gasteiger partial charge in [-0.15, -0.1) is 32.1 Å². The number of halogens is 1. The van der Waals surface area contributed by atoms with E-state index in [4.69, 9.17) is 11.6 Å². The Bertz CT molecular complexity index is 863. The molecular formula is C17H15ClN8. The fraction of sp³-hybridized carbons (Fsp3) is 0.294. The van der Waals surface area contributed by atoms with Crippen molar-refractivity contribution in [2.45, 2.75) is 30.6 Å². The van der Waals surface area contributed by atoms with Crippen LogP contribution in [0.3, 0.4) is 0 Å². The van der Waals surface area contributed by atoms with Gasteiger partial charge in [0.15, 0.2) is 0 Å². The second-order valence-corrected chi connectivity index (χ2v) is 6.64. The predicted molar refractivity (Wildman–Crippen MR) is 94.8 cm³/mol. The molecule has 0 radical (unpaired) electrons. The zero-order valence-electron chi connectivity index (χ0n) is 14.2. The van der Waals surface area contributed by atoms with Crippen LogP contribution in [-0.2, 0) is 11.3 Å². The molecular weight excluding hydrogens is 352 g/mol. The summed E-state index contributed by atoms with van der Waals surface area (Å²) >= 11 is 7.00. The van der Waals surface area contributed by atoms with E-state index in [-0.39, 0.29) is 0 Å². The molecule has 0 saturated carbocycles. The van der Waals surface area contributed by atoms with E-state index in [0.717, 1.165) is 22.3 Å². The van der Waals surface area contributed by atoms with E-state index < -0.39 is 16.7 Å². The van der Waals surface area contributed by atoms with Crippen molar-refractivity contribution in [2.24, 2.45) is 41.4 Å². The van der Waals surface area contributed by atoms with Crippen molar-refractivity contribution in [3.8, 4) is 0 Å². The van der Waals surface area contributed by atoms with E-state index in [0.29, 0.717) is 0 Å². The quantitative estimate of drug-likeness (QED) is 0.630. The first-order chi connectivity index (χ1) is 12.6. The van der Waals surface area contributed by atoms with Crippen molar-refractivity contribution >= 4 is 11.6 Å². The molecule has 8 nitrogen and oxygen atoms in total. The highest BCUT2D eigenvalue weighted by atomic mass is 35.5. The third-order valence-corrected chi connectivity index (χ3v) is 5.27. The van der Waals surface area contributed by atoms with Crippen LogP contribution in [0.5, 0.6) is 0 Å². The van der Waals surface area contributed by atoms with Gasteiger partial charge in [-0.1, -0.05) is 48.5 Å². The van der Waals surface area contributed by atoms with Gasteiger partial charge in [0.1, 0.15) is 5.38 Å². The maximum Gasteiger partial charge on any atom is 0.241 e. The van der Waals surface area contributed by atoms with Gasteiger partial charge in [0.25, 0.3) is 0 Å². The second kappa shape index (κ2) is 6.14. The van der Waals surface area contributed by atoms with Crippen LogP contribution in [0.25, 0.3) is 0 Å². The van der Waals surface area contributed by atoms with Crippen LogP contribution in [0.4, 0.5) is 0 Å². The summed E-state index contributed by atoms with van der Waals surface area (Å²) in [5, 5.41) is 31.3. The smallest absolute Gasteiger partial charge is 0.128 e. The van der Waals surface area contributed by atoms with Crippen LogP contribution in [0.1, 0.15) is 22.3 Å². The number of benzene rings is 2. The summed E-state index contributed by atoms with van der Waals surface area (Å²) in [6.07, 6.45) is 0. The Hall–Kier alpha value is -2.87. The molecule has 4 rings (SSSR count). The number of alkyl halides is 1. The van der Waals surface area contributed by atoms with E-state index in [9.17, 15) is 0 Å². The molecule has 0 spiro atoms. The molecule has 9 heteroatoms.